The summed E-state index contributed by atoms with van der Waals surface area (Å²) < 4.78 is 4.65. The van der Waals surface area contributed by atoms with Gasteiger partial charge in [0.05, 0.1) is 6.61 Å². The average molecular weight is 174 g/mol. The van der Waals surface area contributed by atoms with E-state index in [9.17, 15) is 9.59 Å². The molecule has 0 amide bonds. The lowest BCUT2D eigenvalue weighted by atomic mass is 10.0. The fourth-order valence-electron chi connectivity index (χ4n) is 0.859. The van der Waals surface area contributed by atoms with E-state index in [0.717, 1.165) is 0 Å². The molecular weight excluding hydrogens is 160 g/mol. The van der Waals surface area contributed by atoms with Crippen molar-refractivity contribution in [2.75, 3.05) is 13.2 Å². The number of hydrogen-bond acceptors (Lipinski definition) is 4. The van der Waals surface area contributed by atoms with E-state index >= 15 is 0 Å². The first kappa shape index (κ1) is 11.1. The molecule has 12 heavy (non-hydrogen) atoms. The van der Waals surface area contributed by atoms with Gasteiger partial charge in [-0.2, -0.15) is 0 Å². The molecule has 0 radical (unpaired) electrons. The Balaban J connectivity index is 4.09. The molecule has 70 valence electrons. The largest absolute Gasteiger partial charge is 0.465 e. The Hall–Kier alpha value is -0.900. The van der Waals surface area contributed by atoms with Crippen molar-refractivity contribution in [1.29, 1.82) is 0 Å². The Labute approximate surface area is 71.5 Å². The molecule has 0 aromatic heterocycles. The number of esters is 1. The van der Waals surface area contributed by atoms with Gasteiger partial charge in [0.1, 0.15) is 11.7 Å². The van der Waals surface area contributed by atoms with Gasteiger partial charge in [-0.05, 0) is 20.3 Å². The number of hydrogen-bond donors (Lipinski definition) is 1. The minimum Gasteiger partial charge on any atom is -0.465 e. The van der Waals surface area contributed by atoms with Crippen molar-refractivity contribution < 1.29 is 19.4 Å². The molecule has 4 heteroatoms. The first-order chi connectivity index (χ1) is 5.63. The van der Waals surface area contributed by atoms with Gasteiger partial charge in [0.2, 0.25) is 0 Å². The fourth-order valence-corrected chi connectivity index (χ4v) is 0.859. The third-order valence-corrected chi connectivity index (χ3v) is 1.48. The molecule has 1 unspecified atom stereocenters. The molecule has 4 nitrogen and oxygen atoms in total. The number of carbonyl (C=O) groups is 2. The van der Waals surface area contributed by atoms with Crippen LogP contribution < -0.4 is 0 Å². The van der Waals surface area contributed by atoms with Crippen LogP contribution in [0.4, 0.5) is 0 Å². The summed E-state index contributed by atoms with van der Waals surface area (Å²) in [5, 5.41) is 8.54. The van der Waals surface area contributed by atoms with Crippen LogP contribution in [0.25, 0.3) is 0 Å². The molecule has 0 saturated heterocycles. The van der Waals surface area contributed by atoms with Crippen LogP contribution in [0.15, 0.2) is 0 Å². The van der Waals surface area contributed by atoms with Gasteiger partial charge in [-0.3, -0.25) is 9.59 Å². The monoisotopic (exact) mass is 174 g/mol. The van der Waals surface area contributed by atoms with Crippen LogP contribution >= 0.6 is 0 Å². The maximum absolute atomic E-state index is 11.0. The standard InChI is InChI=1S/C8H14O4/c1-3-12-8(11)7(4-5-9)6(2)10/h7,9H,3-5H2,1-2H3. The van der Waals surface area contributed by atoms with E-state index in [1.165, 1.54) is 6.92 Å². The number of ether oxygens (including phenoxy) is 1. The zero-order chi connectivity index (χ0) is 9.56. The van der Waals surface area contributed by atoms with Crippen molar-refractivity contribution in [2.45, 2.75) is 20.3 Å². The normalized spacial score (nSPS) is 12.2. The molecule has 0 aliphatic heterocycles. The van der Waals surface area contributed by atoms with Crippen molar-refractivity contribution in [2.24, 2.45) is 5.92 Å². The van der Waals surface area contributed by atoms with Gasteiger partial charge in [0, 0.05) is 6.61 Å². The first-order valence-electron chi connectivity index (χ1n) is 3.91. The van der Waals surface area contributed by atoms with Crippen LogP contribution in [0, 0.1) is 5.92 Å². The summed E-state index contributed by atoms with van der Waals surface area (Å²) in [5.74, 6) is -1.60. The van der Waals surface area contributed by atoms with Gasteiger partial charge in [-0.1, -0.05) is 0 Å². The van der Waals surface area contributed by atoms with E-state index in [2.05, 4.69) is 4.74 Å². The zero-order valence-electron chi connectivity index (χ0n) is 7.37. The molecule has 0 heterocycles. The molecule has 0 saturated carbocycles. The van der Waals surface area contributed by atoms with E-state index in [-0.39, 0.29) is 25.4 Å². The van der Waals surface area contributed by atoms with Gasteiger partial charge >= 0.3 is 5.97 Å². The topological polar surface area (TPSA) is 63.6 Å². The van der Waals surface area contributed by atoms with Crippen molar-refractivity contribution in [3.63, 3.8) is 0 Å². The zero-order valence-corrected chi connectivity index (χ0v) is 7.37. The lowest BCUT2D eigenvalue weighted by Gasteiger charge is -2.09. The summed E-state index contributed by atoms with van der Waals surface area (Å²) in [7, 11) is 0. The van der Waals surface area contributed by atoms with Crippen molar-refractivity contribution in [3.05, 3.63) is 0 Å². The maximum atomic E-state index is 11.0. The van der Waals surface area contributed by atoms with Crippen LogP contribution in [0.5, 0.6) is 0 Å². The predicted molar refractivity (Wildman–Crippen MR) is 42.5 cm³/mol. The molecule has 1 atom stereocenters. The number of carbonyl (C=O) groups excluding carboxylic acids is 2. The average Bonchev–Trinajstić information content (AvgIpc) is 1.99. The molecule has 0 spiro atoms. The minimum atomic E-state index is -0.796. The van der Waals surface area contributed by atoms with Crippen molar-refractivity contribution in [1.82, 2.24) is 0 Å². The van der Waals surface area contributed by atoms with Gasteiger partial charge < -0.3 is 9.84 Å². The van der Waals surface area contributed by atoms with Crippen LogP contribution in [0.2, 0.25) is 0 Å². The maximum Gasteiger partial charge on any atom is 0.316 e. The molecule has 0 aromatic rings. The van der Waals surface area contributed by atoms with Gasteiger partial charge in [0.15, 0.2) is 0 Å². The van der Waals surface area contributed by atoms with Gasteiger partial charge in [0.25, 0.3) is 0 Å². The second-order valence-electron chi connectivity index (χ2n) is 2.43. The van der Waals surface area contributed by atoms with Crippen LogP contribution in [-0.2, 0) is 14.3 Å². The highest BCUT2D eigenvalue weighted by molar-refractivity contribution is 5.97. The minimum absolute atomic E-state index is 0.147. The van der Waals surface area contributed by atoms with Crippen molar-refractivity contribution in [3.8, 4) is 0 Å². The summed E-state index contributed by atoms with van der Waals surface area (Å²) in [5.41, 5.74) is 0. The highest BCUT2D eigenvalue weighted by Gasteiger charge is 2.23. The molecular formula is C8H14O4. The number of aliphatic hydroxyl groups excluding tert-OH is 1. The highest BCUT2D eigenvalue weighted by Crippen LogP contribution is 2.06. The third-order valence-electron chi connectivity index (χ3n) is 1.48. The fraction of sp³-hybridized carbons (Fsp3) is 0.750. The number of Topliss-reactive ketones (excluding diaryl/α,β-unsaturated/α-hetero) is 1. The smallest absolute Gasteiger partial charge is 0.316 e. The Kier molecular flexibility index (Phi) is 5.28. The molecule has 1 N–H and O–H groups in total. The van der Waals surface area contributed by atoms with Crippen LogP contribution in [0.1, 0.15) is 20.3 Å². The van der Waals surface area contributed by atoms with E-state index in [1.54, 1.807) is 6.92 Å². The summed E-state index contributed by atoms with van der Waals surface area (Å²) in [6, 6.07) is 0. The molecule has 0 aliphatic rings. The summed E-state index contributed by atoms with van der Waals surface area (Å²) in [6.07, 6.45) is 0.147. The van der Waals surface area contributed by atoms with E-state index in [4.69, 9.17) is 5.11 Å². The molecule has 0 aliphatic carbocycles. The molecule has 0 bridgehead atoms. The molecule has 0 aromatic carbocycles. The highest BCUT2D eigenvalue weighted by atomic mass is 16.5. The molecule has 0 rings (SSSR count). The number of aliphatic hydroxyl groups is 1. The Morgan fingerprint density at radius 3 is 2.42 bits per heavy atom. The SMILES string of the molecule is CCOC(=O)C(CCO)C(C)=O. The summed E-state index contributed by atoms with van der Waals surface area (Å²) in [4.78, 5) is 21.9. The number of ketones is 1. The second-order valence-corrected chi connectivity index (χ2v) is 2.43. The Bertz CT molecular complexity index is 164. The van der Waals surface area contributed by atoms with Crippen LogP contribution in [0.3, 0.4) is 0 Å². The van der Waals surface area contributed by atoms with Crippen LogP contribution in [-0.4, -0.2) is 30.1 Å². The predicted octanol–water partition coefficient (Wildman–Crippen LogP) is 0.137. The first-order valence-corrected chi connectivity index (χ1v) is 3.91. The summed E-state index contributed by atoms with van der Waals surface area (Å²) >= 11 is 0. The molecule has 0 fully saturated rings. The van der Waals surface area contributed by atoms with Gasteiger partial charge in [-0.15, -0.1) is 0 Å². The van der Waals surface area contributed by atoms with Gasteiger partial charge in [-0.25, -0.2) is 0 Å². The quantitative estimate of drug-likeness (QED) is 0.475. The van der Waals surface area contributed by atoms with E-state index in [1.807, 2.05) is 0 Å². The lowest BCUT2D eigenvalue weighted by molar-refractivity contribution is -0.151. The number of rotatable bonds is 5. The van der Waals surface area contributed by atoms with E-state index in [0.29, 0.717) is 0 Å². The Morgan fingerprint density at radius 2 is 2.08 bits per heavy atom. The second kappa shape index (κ2) is 5.71. The van der Waals surface area contributed by atoms with E-state index < -0.39 is 11.9 Å². The van der Waals surface area contributed by atoms with Crippen molar-refractivity contribution >= 4 is 11.8 Å². The summed E-state index contributed by atoms with van der Waals surface area (Å²) in [6.45, 7) is 3.07. The lowest BCUT2D eigenvalue weighted by Crippen LogP contribution is -2.25. The Morgan fingerprint density at radius 1 is 1.50 bits per heavy atom. The third kappa shape index (κ3) is 3.48.